The Hall–Kier alpha value is -3.49. The van der Waals surface area contributed by atoms with Crippen LogP contribution < -0.4 is 15.4 Å². The highest BCUT2D eigenvalue weighted by molar-refractivity contribution is 5.97. The van der Waals surface area contributed by atoms with Gasteiger partial charge in [-0.05, 0) is 18.6 Å². The van der Waals surface area contributed by atoms with Crippen molar-refractivity contribution in [1.82, 2.24) is 15.6 Å². The summed E-state index contributed by atoms with van der Waals surface area (Å²) in [5.74, 6) is -0.486. The van der Waals surface area contributed by atoms with Crippen LogP contribution in [0, 0.1) is 10.1 Å². The number of nitrogens with zero attached hydrogens (tertiary/aromatic N) is 2. The zero-order valence-corrected chi connectivity index (χ0v) is 14.3. The molecule has 0 fully saturated rings. The molecule has 0 saturated heterocycles. The molecule has 1 unspecified atom stereocenters. The van der Waals surface area contributed by atoms with Gasteiger partial charge in [-0.3, -0.25) is 19.7 Å². The van der Waals surface area contributed by atoms with Crippen LogP contribution in [0.15, 0.2) is 42.6 Å². The van der Waals surface area contributed by atoms with Crippen LogP contribution in [0.25, 0.3) is 0 Å². The number of hydrogen-bond donors (Lipinski definition) is 2. The molecule has 1 aromatic carbocycles. The predicted octanol–water partition coefficient (Wildman–Crippen LogP) is 1.43. The molecule has 26 heavy (non-hydrogen) atoms. The highest BCUT2D eigenvalue weighted by Crippen LogP contribution is 2.13. The smallest absolute Gasteiger partial charge is 0.270 e. The number of methoxy groups -OCH3 is 1. The number of carbonyl (C=O) groups excluding carboxylic acids is 2. The summed E-state index contributed by atoms with van der Waals surface area (Å²) < 4.78 is 4.95. The fourth-order valence-electron chi connectivity index (χ4n) is 2.08. The van der Waals surface area contributed by atoms with Crippen molar-refractivity contribution < 1.29 is 19.2 Å². The van der Waals surface area contributed by atoms with Crippen molar-refractivity contribution in [2.45, 2.75) is 19.5 Å². The lowest BCUT2D eigenvalue weighted by molar-refractivity contribution is -0.384. The van der Waals surface area contributed by atoms with E-state index in [1.165, 1.54) is 32.2 Å². The van der Waals surface area contributed by atoms with Gasteiger partial charge in [-0.1, -0.05) is 12.1 Å². The number of rotatable bonds is 7. The second-order valence-corrected chi connectivity index (χ2v) is 5.43. The Morgan fingerprint density at radius 2 is 2.08 bits per heavy atom. The van der Waals surface area contributed by atoms with Crippen LogP contribution in [-0.4, -0.2) is 34.9 Å². The molecular weight excluding hydrogens is 340 g/mol. The van der Waals surface area contributed by atoms with Gasteiger partial charge in [0.25, 0.3) is 11.6 Å². The number of nitro groups is 1. The molecule has 2 amide bonds. The summed E-state index contributed by atoms with van der Waals surface area (Å²) in [6, 6.07) is 7.92. The Morgan fingerprint density at radius 3 is 2.69 bits per heavy atom. The summed E-state index contributed by atoms with van der Waals surface area (Å²) in [5, 5.41) is 16.0. The maximum atomic E-state index is 12.1. The molecule has 2 aromatic rings. The summed E-state index contributed by atoms with van der Waals surface area (Å²) in [5.41, 5.74) is 0.691. The van der Waals surface area contributed by atoms with E-state index in [1.807, 2.05) is 0 Å². The Balaban J connectivity index is 1.90. The first-order chi connectivity index (χ1) is 12.4. The van der Waals surface area contributed by atoms with Gasteiger partial charge in [-0.15, -0.1) is 0 Å². The second-order valence-electron chi connectivity index (χ2n) is 5.43. The first-order valence-electron chi connectivity index (χ1n) is 7.72. The van der Waals surface area contributed by atoms with Gasteiger partial charge in [0.1, 0.15) is 6.04 Å². The van der Waals surface area contributed by atoms with Crippen LogP contribution in [0.1, 0.15) is 22.8 Å². The van der Waals surface area contributed by atoms with E-state index in [1.54, 1.807) is 18.3 Å². The van der Waals surface area contributed by atoms with E-state index >= 15 is 0 Å². The van der Waals surface area contributed by atoms with E-state index in [2.05, 4.69) is 15.6 Å². The molecule has 0 radical (unpaired) electrons. The molecule has 0 spiro atoms. The SMILES string of the molecule is COc1ccc(CNC(=O)C(C)NC(=O)c2cccc([N+](=O)[O-])c2)cn1. The molecule has 9 nitrogen and oxygen atoms in total. The zero-order chi connectivity index (χ0) is 19.1. The summed E-state index contributed by atoms with van der Waals surface area (Å²) in [4.78, 5) is 38.5. The molecule has 0 saturated carbocycles. The number of aromatic nitrogens is 1. The van der Waals surface area contributed by atoms with Crippen LogP contribution in [0.4, 0.5) is 5.69 Å². The molecule has 2 rings (SSSR count). The number of amides is 2. The number of non-ortho nitro benzene ring substituents is 1. The van der Waals surface area contributed by atoms with E-state index in [0.717, 1.165) is 11.6 Å². The average Bonchev–Trinajstić information content (AvgIpc) is 2.66. The van der Waals surface area contributed by atoms with Crippen LogP contribution in [0.3, 0.4) is 0 Å². The number of nitrogens with one attached hydrogen (secondary N) is 2. The predicted molar refractivity (Wildman–Crippen MR) is 92.7 cm³/mol. The third-order valence-corrected chi connectivity index (χ3v) is 3.53. The lowest BCUT2D eigenvalue weighted by atomic mass is 10.1. The highest BCUT2D eigenvalue weighted by atomic mass is 16.6. The number of benzene rings is 1. The second kappa shape index (κ2) is 8.56. The number of carbonyl (C=O) groups is 2. The lowest BCUT2D eigenvalue weighted by Gasteiger charge is -2.14. The lowest BCUT2D eigenvalue weighted by Crippen LogP contribution is -2.44. The molecule has 9 heteroatoms. The van der Waals surface area contributed by atoms with Gasteiger partial charge in [-0.25, -0.2) is 4.98 Å². The monoisotopic (exact) mass is 358 g/mol. The van der Waals surface area contributed by atoms with Crippen molar-refractivity contribution in [3.8, 4) is 5.88 Å². The third-order valence-electron chi connectivity index (χ3n) is 3.53. The van der Waals surface area contributed by atoms with Gasteiger partial charge >= 0.3 is 0 Å². The van der Waals surface area contributed by atoms with Gasteiger partial charge in [0.2, 0.25) is 11.8 Å². The van der Waals surface area contributed by atoms with Gasteiger partial charge in [-0.2, -0.15) is 0 Å². The Bertz CT molecular complexity index is 807. The number of nitro benzene ring substituents is 1. The molecule has 0 aliphatic rings. The van der Waals surface area contributed by atoms with Crippen LogP contribution in [0.2, 0.25) is 0 Å². The fraction of sp³-hybridized carbons (Fsp3) is 0.235. The zero-order valence-electron chi connectivity index (χ0n) is 14.3. The number of ether oxygens (including phenoxy) is 1. The van der Waals surface area contributed by atoms with Crippen molar-refractivity contribution in [1.29, 1.82) is 0 Å². The van der Waals surface area contributed by atoms with Crippen molar-refractivity contribution in [2.24, 2.45) is 0 Å². The standard InChI is InChI=1S/C17H18N4O5/c1-11(16(22)19-10-12-6-7-15(26-2)18-9-12)20-17(23)13-4-3-5-14(8-13)21(24)25/h3-9,11H,10H2,1-2H3,(H,19,22)(H,20,23). The van der Waals surface area contributed by atoms with Crippen LogP contribution >= 0.6 is 0 Å². The van der Waals surface area contributed by atoms with E-state index < -0.39 is 16.9 Å². The highest BCUT2D eigenvalue weighted by Gasteiger charge is 2.18. The Kier molecular flexibility index (Phi) is 6.20. The number of pyridine rings is 1. The van der Waals surface area contributed by atoms with Gasteiger partial charge in [0.05, 0.1) is 12.0 Å². The van der Waals surface area contributed by atoms with Crippen LogP contribution in [0.5, 0.6) is 5.88 Å². The fourth-order valence-corrected chi connectivity index (χ4v) is 2.08. The van der Waals surface area contributed by atoms with E-state index in [0.29, 0.717) is 5.88 Å². The number of hydrogen-bond acceptors (Lipinski definition) is 6. The van der Waals surface area contributed by atoms with Gasteiger partial charge < -0.3 is 15.4 Å². The normalized spacial score (nSPS) is 11.3. The van der Waals surface area contributed by atoms with Gasteiger partial charge in [0, 0.05) is 36.5 Å². The third kappa shape index (κ3) is 5.00. The molecule has 1 heterocycles. The van der Waals surface area contributed by atoms with E-state index in [-0.39, 0.29) is 23.7 Å². The van der Waals surface area contributed by atoms with Crippen molar-refractivity contribution >= 4 is 17.5 Å². The first-order valence-corrected chi connectivity index (χ1v) is 7.72. The molecule has 2 N–H and O–H groups in total. The summed E-state index contributed by atoms with van der Waals surface area (Å²) >= 11 is 0. The van der Waals surface area contributed by atoms with Crippen molar-refractivity contribution in [2.75, 3.05) is 7.11 Å². The topological polar surface area (TPSA) is 123 Å². The minimum atomic E-state index is -0.812. The summed E-state index contributed by atoms with van der Waals surface area (Å²) in [7, 11) is 1.51. The van der Waals surface area contributed by atoms with Crippen molar-refractivity contribution in [3.05, 3.63) is 63.8 Å². The summed E-state index contributed by atoms with van der Waals surface area (Å²) in [6.07, 6.45) is 1.57. The van der Waals surface area contributed by atoms with Crippen molar-refractivity contribution in [3.63, 3.8) is 0 Å². The van der Waals surface area contributed by atoms with E-state index in [9.17, 15) is 19.7 Å². The molecule has 0 aliphatic heterocycles. The molecule has 1 aromatic heterocycles. The molecule has 0 bridgehead atoms. The Morgan fingerprint density at radius 1 is 1.31 bits per heavy atom. The molecular formula is C17H18N4O5. The molecule has 1 atom stereocenters. The largest absolute Gasteiger partial charge is 0.481 e. The summed E-state index contributed by atoms with van der Waals surface area (Å²) in [6.45, 7) is 1.77. The van der Waals surface area contributed by atoms with Crippen LogP contribution in [-0.2, 0) is 11.3 Å². The first kappa shape index (κ1) is 18.8. The minimum absolute atomic E-state index is 0.109. The maximum Gasteiger partial charge on any atom is 0.270 e. The molecule has 136 valence electrons. The van der Waals surface area contributed by atoms with Gasteiger partial charge in [0.15, 0.2) is 0 Å². The maximum absolute atomic E-state index is 12.1. The molecule has 0 aliphatic carbocycles. The average molecular weight is 358 g/mol. The van der Waals surface area contributed by atoms with E-state index in [4.69, 9.17) is 4.74 Å². The quantitative estimate of drug-likeness (QED) is 0.570. The minimum Gasteiger partial charge on any atom is -0.481 e. The Labute approximate surface area is 149 Å².